The smallest absolute Gasteiger partial charge is 0.0587 e. The Morgan fingerprint density at radius 2 is 1.86 bits per heavy atom. The summed E-state index contributed by atoms with van der Waals surface area (Å²) in [5, 5.41) is 3.59. The second-order valence-corrected chi connectivity index (χ2v) is 6.29. The molecule has 1 aromatic carbocycles. The zero-order valence-electron chi connectivity index (χ0n) is 14.4. The zero-order valence-corrected chi connectivity index (χ0v) is 14.4. The molecule has 0 bridgehead atoms. The standard InChI is InChI=1S/C19H33NO/c1-5-7-12-19(6-2,16-20-13-14-21-4)15-18-10-8-17(3)9-11-18/h8-11,20H,5-7,12-16H2,1-4H3. The van der Waals surface area contributed by atoms with Gasteiger partial charge in [0.15, 0.2) is 0 Å². The third-order valence-electron chi connectivity index (χ3n) is 4.49. The van der Waals surface area contributed by atoms with E-state index in [4.69, 9.17) is 4.74 Å². The van der Waals surface area contributed by atoms with Gasteiger partial charge in [-0.1, -0.05) is 56.5 Å². The fourth-order valence-electron chi connectivity index (χ4n) is 2.88. The highest BCUT2D eigenvalue weighted by Gasteiger charge is 2.27. The van der Waals surface area contributed by atoms with Gasteiger partial charge in [0.2, 0.25) is 0 Å². The molecule has 1 aromatic rings. The molecule has 0 radical (unpaired) electrons. The average molecular weight is 291 g/mol. The minimum absolute atomic E-state index is 0.374. The Hall–Kier alpha value is -0.860. The third-order valence-corrected chi connectivity index (χ3v) is 4.49. The molecule has 2 heteroatoms. The van der Waals surface area contributed by atoms with E-state index in [0.29, 0.717) is 5.41 Å². The molecule has 0 fully saturated rings. The van der Waals surface area contributed by atoms with Crippen LogP contribution in [-0.2, 0) is 11.2 Å². The van der Waals surface area contributed by atoms with Crippen molar-refractivity contribution in [1.82, 2.24) is 5.32 Å². The average Bonchev–Trinajstić information content (AvgIpc) is 2.51. The van der Waals surface area contributed by atoms with E-state index < -0.39 is 0 Å². The van der Waals surface area contributed by atoms with Crippen LogP contribution in [0.4, 0.5) is 0 Å². The molecule has 1 N–H and O–H groups in total. The van der Waals surface area contributed by atoms with Crippen LogP contribution in [0.3, 0.4) is 0 Å². The summed E-state index contributed by atoms with van der Waals surface area (Å²) in [4.78, 5) is 0. The Balaban J connectivity index is 2.70. The minimum atomic E-state index is 0.374. The maximum atomic E-state index is 5.14. The van der Waals surface area contributed by atoms with Crippen molar-refractivity contribution in [2.75, 3.05) is 26.8 Å². The number of aryl methyl sites for hydroxylation is 1. The van der Waals surface area contributed by atoms with Crippen LogP contribution in [0.25, 0.3) is 0 Å². The number of hydrogen-bond donors (Lipinski definition) is 1. The summed E-state index contributed by atoms with van der Waals surface area (Å²) in [6.07, 6.45) is 6.28. The van der Waals surface area contributed by atoms with Gasteiger partial charge in [0, 0.05) is 20.2 Å². The lowest BCUT2D eigenvalue weighted by atomic mass is 9.75. The first-order valence-corrected chi connectivity index (χ1v) is 8.41. The van der Waals surface area contributed by atoms with Crippen molar-refractivity contribution in [1.29, 1.82) is 0 Å². The third kappa shape index (κ3) is 6.62. The molecule has 0 aliphatic rings. The van der Waals surface area contributed by atoms with Gasteiger partial charge in [-0.05, 0) is 37.2 Å². The first-order valence-electron chi connectivity index (χ1n) is 8.41. The second-order valence-electron chi connectivity index (χ2n) is 6.29. The molecular formula is C19H33NO. The maximum absolute atomic E-state index is 5.14. The van der Waals surface area contributed by atoms with Crippen LogP contribution in [-0.4, -0.2) is 26.8 Å². The molecule has 0 amide bonds. The molecule has 0 aromatic heterocycles. The Labute approximate surface area is 131 Å². The van der Waals surface area contributed by atoms with Gasteiger partial charge in [0.25, 0.3) is 0 Å². The predicted octanol–water partition coefficient (Wildman–Crippen LogP) is 4.36. The SMILES string of the molecule is CCCCC(CC)(CNCCOC)Cc1ccc(C)cc1. The van der Waals surface area contributed by atoms with Crippen LogP contribution in [0.2, 0.25) is 0 Å². The number of unbranched alkanes of at least 4 members (excludes halogenated alkanes) is 1. The molecule has 120 valence electrons. The van der Waals surface area contributed by atoms with Crippen molar-refractivity contribution in [3.05, 3.63) is 35.4 Å². The van der Waals surface area contributed by atoms with Gasteiger partial charge in [0.05, 0.1) is 6.61 Å². The van der Waals surface area contributed by atoms with E-state index in [1.54, 1.807) is 7.11 Å². The molecule has 0 aliphatic heterocycles. The Bertz CT molecular complexity index is 374. The van der Waals surface area contributed by atoms with Crippen molar-refractivity contribution in [2.45, 2.75) is 52.9 Å². The molecule has 0 spiro atoms. The Morgan fingerprint density at radius 1 is 1.14 bits per heavy atom. The van der Waals surface area contributed by atoms with Crippen LogP contribution < -0.4 is 5.32 Å². The van der Waals surface area contributed by atoms with E-state index in [0.717, 1.165) is 19.7 Å². The largest absolute Gasteiger partial charge is 0.383 e. The summed E-state index contributed by atoms with van der Waals surface area (Å²) in [7, 11) is 1.76. The first kappa shape index (κ1) is 18.2. The fourth-order valence-corrected chi connectivity index (χ4v) is 2.88. The van der Waals surface area contributed by atoms with Gasteiger partial charge in [-0.15, -0.1) is 0 Å². The van der Waals surface area contributed by atoms with Crippen molar-refractivity contribution in [3.63, 3.8) is 0 Å². The monoisotopic (exact) mass is 291 g/mol. The normalized spacial score (nSPS) is 14.1. The molecule has 21 heavy (non-hydrogen) atoms. The van der Waals surface area contributed by atoms with Crippen molar-refractivity contribution in [2.24, 2.45) is 5.41 Å². The molecule has 2 nitrogen and oxygen atoms in total. The van der Waals surface area contributed by atoms with Crippen LogP contribution in [0.1, 0.15) is 50.7 Å². The number of benzene rings is 1. The van der Waals surface area contributed by atoms with E-state index in [1.165, 1.54) is 43.2 Å². The molecule has 0 aliphatic carbocycles. The fraction of sp³-hybridized carbons (Fsp3) is 0.684. The van der Waals surface area contributed by atoms with Crippen LogP contribution in [0.15, 0.2) is 24.3 Å². The highest BCUT2D eigenvalue weighted by molar-refractivity contribution is 5.22. The highest BCUT2D eigenvalue weighted by Crippen LogP contribution is 2.32. The Morgan fingerprint density at radius 3 is 2.43 bits per heavy atom. The summed E-state index contributed by atoms with van der Waals surface area (Å²) >= 11 is 0. The Kier molecular flexibility index (Phi) is 8.63. The van der Waals surface area contributed by atoms with Crippen molar-refractivity contribution >= 4 is 0 Å². The lowest BCUT2D eigenvalue weighted by Crippen LogP contribution is -2.37. The first-order chi connectivity index (χ1) is 10.2. The summed E-state index contributed by atoms with van der Waals surface area (Å²) in [6, 6.07) is 9.05. The van der Waals surface area contributed by atoms with Gasteiger partial charge < -0.3 is 10.1 Å². The summed E-state index contributed by atoms with van der Waals surface area (Å²) in [6.45, 7) is 9.59. The molecule has 1 rings (SSSR count). The van der Waals surface area contributed by atoms with Crippen LogP contribution in [0, 0.1) is 12.3 Å². The zero-order chi connectivity index (χ0) is 15.6. The second kappa shape index (κ2) is 9.97. The lowest BCUT2D eigenvalue weighted by molar-refractivity contribution is 0.182. The molecular weight excluding hydrogens is 258 g/mol. The lowest BCUT2D eigenvalue weighted by Gasteiger charge is -2.34. The van der Waals surface area contributed by atoms with Crippen molar-refractivity contribution in [3.8, 4) is 0 Å². The number of methoxy groups -OCH3 is 1. The topological polar surface area (TPSA) is 21.3 Å². The van der Waals surface area contributed by atoms with Crippen LogP contribution in [0.5, 0.6) is 0 Å². The van der Waals surface area contributed by atoms with Gasteiger partial charge >= 0.3 is 0 Å². The highest BCUT2D eigenvalue weighted by atomic mass is 16.5. The van der Waals surface area contributed by atoms with Crippen LogP contribution >= 0.6 is 0 Å². The van der Waals surface area contributed by atoms with Gasteiger partial charge in [0.1, 0.15) is 0 Å². The van der Waals surface area contributed by atoms with E-state index in [2.05, 4.69) is 50.4 Å². The number of ether oxygens (including phenoxy) is 1. The minimum Gasteiger partial charge on any atom is -0.383 e. The van der Waals surface area contributed by atoms with E-state index in [-0.39, 0.29) is 0 Å². The van der Waals surface area contributed by atoms with Crippen molar-refractivity contribution < 1.29 is 4.74 Å². The summed E-state index contributed by atoms with van der Waals surface area (Å²) < 4.78 is 5.14. The van der Waals surface area contributed by atoms with E-state index in [9.17, 15) is 0 Å². The van der Waals surface area contributed by atoms with E-state index >= 15 is 0 Å². The number of hydrogen-bond acceptors (Lipinski definition) is 2. The molecule has 1 unspecified atom stereocenters. The van der Waals surface area contributed by atoms with E-state index in [1.807, 2.05) is 0 Å². The van der Waals surface area contributed by atoms with Gasteiger partial charge in [-0.3, -0.25) is 0 Å². The summed E-state index contributed by atoms with van der Waals surface area (Å²) in [5.74, 6) is 0. The number of nitrogens with one attached hydrogen (secondary N) is 1. The maximum Gasteiger partial charge on any atom is 0.0587 e. The molecule has 0 heterocycles. The van der Waals surface area contributed by atoms with Gasteiger partial charge in [-0.25, -0.2) is 0 Å². The predicted molar refractivity (Wildman–Crippen MR) is 91.9 cm³/mol. The molecule has 0 saturated carbocycles. The summed E-state index contributed by atoms with van der Waals surface area (Å²) in [5.41, 5.74) is 3.18. The van der Waals surface area contributed by atoms with Gasteiger partial charge in [-0.2, -0.15) is 0 Å². The number of rotatable bonds is 11. The molecule has 0 saturated heterocycles. The molecule has 1 atom stereocenters. The quantitative estimate of drug-likeness (QED) is 0.612.